The molecule has 2 amide bonds. The SMILES string of the molecule is COC(=O)CCC(NC(=O)N1CCc2[nH]cnc2C1c1ccc(F)cc1F)C(=O)OC. The van der Waals surface area contributed by atoms with E-state index in [2.05, 4.69) is 20.0 Å². The lowest BCUT2D eigenvalue weighted by Crippen LogP contribution is -2.51. The number of rotatable bonds is 6. The van der Waals surface area contributed by atoms with Gasteiger partial charge in [0.15, 0.2) is 0 Å². The van der Waals surface area contributed by atoms with Crippen molar-refractivity contribution in [3.05, 3.63) is 53.1 Å². The molecule has 166 valence electrons. The number of fused-ring (bicyclic) bond motifs is 1. The number of halogens is 2. The third-order valence-corrected chi connectivity index (χ3v) is 5.09. The first kappa shape index (κ1) is 22.2. The minimum absolute atomic E-state index is 0.0395. The van der Waals surface area contributed by atoms with Crippen molar-refractivity contribution in [2.45, 2.75) is 31.3 Å². The molecule has 1 aliphatic heterocycles. The van der Waals surface area contributed by atoms with E-state index in [4.69, 9.17) is 4.74 Å². The van der Waals surface area contributed by atoms with Crippen LogP contribution in [0, 0.1) is 11.6 Å². The molecular formula is C20H22F2N4O5. The molecule has 0 bridgehead atoms. The van der Waals surface area contributed by atoms with Crippen molar-refractivity contribution in [2.75, 3.05) is 20.8 Å². The molecule has 1 aromatic heterocycles. The molecule has 2 N–H and O–H groups in total. The van der Waals surface area contributed by atoms with E-state index in [-0.39, 0.29) is 24.9 Å². The molecule has 0 saturated heterocycles. The third-order valence-electron chi connectivity index (χ3n) is 5.09. The number of ether oxygens (including phenoxy) is 2. The third kappa shape index (κ3) is 4.81. The number of carbonyl (C=O) groups is 3. The van der Waals surface area contributed by atoms with Gasteiger partial charge in [-0.1, -0.05) is 6.07 Å². The van der Waals surface area contributed by atoms with Gasteiger partial charge in [0.05, 0.1) is 26.2 Å². The first-order valence-electron chi connectivity index (χ1n) is 9.54. The van der Waals surface area contributed by atoms with Crippen LogP contribution in [-0.4, -0.2) is 59.6 Å². The van der Waals surface area contributed by atoms with Gasteiger partial charge in [-0.2, -0.15) is 0 Å². The smallest absolute Gasteiger partial charge is 0.328 e. The number of methoxy groups -OCH3 is 2. The zero-order valence-electron chi connectivity index (χ0n) is 17.0. The van der Waals surface area contributed by atoms with Gasteiger partial charge >= 0.3 is 18.0 Å². The summed E-state index contributed by atoms with van der Waals surface area (Å²) in [6.07, 6.45) is 1.71. The van der Waals surface area contributed by atoms with Gasteiger partial charge in [0, 0.05) is 36.7 Å². The fourth-order valence-electron chi connectivity index (χ4n) is 3.52. The Balaban J connectivity index is 1.88. The number of esters is 2. The predicted octanol–water partition coefficient (Wildman–Crippen LogP) is 1.84. The molecule has 1 aliphatic rings. The van der Waals surface area contributed by atoms with Crippen molar-refractivity contribution >= 4 is 18.0 Å². The predicted molar refractivity (Wildman–Crippen MR) is 103 cm³/mol. The van der Waals surface area contributed by atoms with Crippen molar-refractivity contribution in [3.63, 3.8) is 0 Å². The number of urea groups is 1. The average molecular weight is 436 g/mol. The summed E-state index contributed by atoms with van der Waals surface area (Å²) in [5.74, 6) is -2.86. The van der Waals surface area contributed by atoms with E-state index in [1.54, 1.807) is 0 Å². The molecule has 3 rings (SSSR count). The molecule has 31 heavy (non-hydrogen) atoms. The van der Waals surface area contributed by atoms with Gasteiger partial charge in [-0.25, -0.2) is 23.4 Å². The summed E-state index contributed by atoms with van der Waals surface area (Å²) in [7, 11) is 2.37. The Labute approximate surface area is 176 Å². The molecule has 0 saturated carbocycles. The second-order valence-corrected chi connectivity index (χ2v) is 6.92. The summed E-state index contributed by atoms with van der Waals surface area (Å²) in [5.41, 5.74) is 1.22. The maximum Gasteiger partial charge on any atom is 0.328 e. The largest absolute Gasteiger partial charge is 0.469 e. The van der Waals surface area contributed by atoms with E-state index >= 15 is 0 Å². The lowest BCUT2D eigenvalue weighted by Gasteiger charge is -2.36. The number of aromatic nitrogens is 2. The average Bonchev–Trinajstić information content (AvgIpc) is 3.24. The first-order chi connectivity index (χ1) is 14.8. The number of H-pyrrole nitrogens is 1. The second-order valence-electron chi connectivity index (χ2n) is 6.92. The highest BCUT2D eigenvalue weighted by molar-refractivity contribution is 5.84. The molecule has 0 aliphatic carbocycles. The molecule has 9 nitrogen and oxygen atoms in total. The van der Waals surface area contributed by atoms with Crippen LogP contribution in [0.15, 0.2) is 24.5 Å². The van der Waals surface area contributed by atoms with Crippen molar-refractivity contribution in [2.24, 2.45) is 0 Å². The topological polar surface area (TPSA) is 114 Å². The fraction of sp³-hybridized carbons (Fsp3) is 0.400. The Bertz CT molecular complexity index is 980. The number of amides is 2. The van der Waals surface area contributed by atoms with E-state index in [1.807, 2.05) is 0 Å². The van der Waals surface area contributed by atoms with Crippen LogP contribution in [0.3, 0.4) is 0 Å². The van der Waals surface area contributed by atoms with Crippen LogP contribution in [0.1, 0.15) is 35.8 Å². The summed E-state index contributed by atoms with van der Waals surface area (Å²) in [5, 5.41) is 2.54. The lowest BCUT2D eigenvalue weighted by atomic mass is 9.95. The molecule has 0 spiro atoms. The van der Waals surface area contributed by atoms with Crippen LogP contribution in [-0.2, 0) is 25.5 Å². The van der Waals surface area contributed by atoms with E-state index in [9.17, 15) is 23.2 Å². The summed E-state index contributed by atoms with van der Waals surface area (Å²) in [6, 6.07) is 0.366. The fourth-order valence-corrected chi connectivity index (χ4v) is 3.52. The molecule has 0 radical (unpaired) electrons. The Kier molecular flexibility index (Phi) is 6.83. The zero-order valence-corrected chi connectivity index (χ0v) is 17.0. The number of carbonyl (C=O) groups excluding carboxylic acids is 3. The number of hydrogen-bond acceptors (Lipinski definition) is 6. The number of hydrogen-bond donors (Lipinski definition) is 2. The minimum atomic E-state index is -1.11. The molecule has 1 aromatic carbocycles. The number of imidazole rings is 1. The van der Waals surface area contributed by atoms with Gasteiger partial charge in [0.25, 0.3) is 0 Å². The van der Waals surface area contributed by atoms with E-state index in [0.29, 0.717) is 12.1 Å². The second kappa shape index (κ2) is 9.54. The molecule has 2 aromatic rings. The summed E-state index contributed by atoms with van der Waals surface area (Å²) in [6.45, 7) is 0.188. The molecule has 2 unspecified atom stereocenters. The highest BCUT2D eigenvalue weighted by atomic mass is 19.1. The number of nitrogens with zero attached hydrogens (tertiary/aromatic N) is 2. The van der Waals surface area contributed by atoms with Gasteiger partial charge in [0.2, 0.25) is 0 Å². The van der Waals surface area contributed by atoms with Gasteiger partial charge < -0.3 is 24.7 Å². The highest BCUT2D eigenvalue weighted by Crippen LogP contribution is 2.35. The van der Waals surface area contributed by atoms with Crippen molar-refractivity contribution in [1.29, 1.82) is 0 Å². The summed E-state index contributed by atoms with van der Waals surface area (Å²) >= 11 is 0. The normalized spacial score (nSPS) is 16.3. The van der Waals surface area contributed by atoms with Crippen molar-refractivity contribution in [3.8, 4) is 0 Å². The molecular weight excluding hydrogens is 414 g/mol. The quantitative estimate of drug-likeness (QED) is 0.668. The Hall–Kier alpha value is -3.50. The maximum absolute atomic E-state index is 14.6. The van der Waals surface area contributed by atoms with Crippen molar-refractivity contribution < 1.29 is 32.6 Å². The number of aromatic amines is 1. The molecule has 2 heterocycles. The number of benzene rings is 1. The Morgan fingerprint density at radius 3 is 2.74 bits per heavy atom. The Morgan fingerprint density at radius 1 is 1.29 bits per heavy atom. The van der Waals surface area contributed by atoms with Crippen LogP contribution in [0.4, 0.5) is 13.6 Å². The zero-order chi connectivity index (χ0) is 22.5. The van der Waals surface area contributed by atoms with Gasteiger partial charge in [-0.05, 0) is 12.5 Å². The highest BCUT2D eigenvalue weighted by Gasteiger charge is 2.37. The number of nitrogens with one attached hydrogen (secondary N) is 2. The van der Waals surface area contributed by atoms with Gasteiger partial charge in [0.1, 0.15) is 23.7 Å². The standard InChI is InChI=1S/C20H22F2N4O5/c1-30-16(27)6-5-15(19(28)31-2)25-20(29)26-8-7-14-17(24-10-23-14)18(26)12-4-3-11(21)9-13(12)22/h3-4,9-10,15,18H,5-8H2,1-2H3,(H,23,24)(H,25,29). The molecule has 11 heteroatoms. The minimum Gasteiger partial charge on any atom is -0.469 e. The van der Waals surface area contributed by atoms with Crippen LogP contribution in [0.25, 0.3) is 0 Å². The summed E-state index contributed by atoms with van der Waals surface area (Å²) < 4.78 is 37.3. The van der Waals surface area contributed by atoms with Crippen LogP contribution >= 0.6 is 0 Å². The maximum atomic E-state index is 14.6. The van der Waals surface area contributed by atoms with E-state index in [0.717, 1.165) is 24.9 Å². The van der Waals surface area contributed by atoms with Crippen LogP contribution in [0.2, 0.25) is 0 Å². The van der Waals surface area contributed by atoms with E-state index in [1.165, 1.54) is 24.4 Å². The van der Waals surface area contributed by atoms with Crippen LogP contribution in [0.5, 0.6) is 0 Å². The van der Waals surface area contributed by atoms with Gasteiger partial charge in [-0.15, -0.1) is 0 Å². The summed E-state index contributed by atoms with van der Waals surface area (Å²) in [4.78, 5) is 45.1. The molecule has 0 fully saturated rings. The monoisotopic (exact) mass is 436 g/mol. The van der Waals surface area contributed by atoms with Crippen LogP contribution < -0.4 is 5.32 Å². The Morgan fingerprint density at radius 2 is 2.06 bits per heavy atom. The van der Waals surface area contributed by atoms with E-state index < -0.39 is 41.7 Å². The first-order valence-corrected chi connectivity index (χ1v) is 9.54. The van der Waals surface area contributed by atoms with Gasteiger partial charge in [-0.3, -0.25) is 4.79 Å². The van der Waals surface area contributed by atoms with Crippen molar-refractivity contribution in [1.82, 2.24) is 20.2 Å². The molecule has 2 atom stereocenters. The lowest BCUT2D eigenvalue weighted by molar-refractivity contribution is -0.144.